The van der Waals surface area contributed by atoms with Crippen LogP contribution in [0.2, 0.25) is 0 Å². The summed E-state index contributed by atoms with van der Waals surface area (Å²) in [6, 6.07) is 1.64. The normalized spacial score (nSPS) is 18.3. The van der Waals surface area contributed by atoms with Gasteiger partial charge in [-0.2, -0.15) is 0 Å². The number of aromatic carboxylic acids is 1. The van der Waals surface area contributed by atoms with Gasteiger partial charge in [0, 0.05) is 20.7 Å². The van der Waals surface area contributed by atoms with E-state index in [4.69, 9.17) is 4.74 Å². The minimum absolute atomic E-state index is 0.0523. The lowest BCUT2D eigenvalue weighted by atomic mass is 10.2. The fourth-order valence-electron chi connectivity index (χ4n) is 2.76. The molecular formula is C14H18N4O3. The molecule has 3 heterocycles. The van der Waals surface area contributed by atoms with E-state index in [2.05, 4.69) is 9.97 Å². The molecule has 2 aromatic rings. The molecule has 0 saturated carbocycles. The Bertz CT molecular complexity index is 674. The average molecular weight is 290 g/mol. The van der Waals surface area contributed by atoms with Crippen molar-refractivity contribution in [3.05, 3.63) is 18.1 Å². The Kier molecular flexibility index (Phi) is 3.50. The molecule has 0 spiro atoms. The van der Waals surface area contributed by atoms with Crippen molar-refractivity contribution < 1.29 is 14.6 Å². The number of ether oxygens (including phenoxy) is 1. The average Bonchev–Trinajstić information content (AvgIpc) is 3.07. The molecule has 0 amide bonds. The highest BCUT2D eigenvalue weighted by molar-refractivity contribution is 5.97. The third kappa shape index (κ3) is 2.44. The van der Waals surface area contributed by atoms with Crippen LogP contribution >= 0.6 is 0 Å². The summed E-state index contributed by atoms with van der Waals surface area (Å²) < 4.78 is 7.34. The van der Waals surface area contributed by atoms with E-state index in [-0.39, 0.29) is 11.8 Å². The van der Waals surface area contributed by atoms with Crippen molar-refractivity contribution in [1.82, 2.24) is 14.5 Å². The van der Waals surface area contributed by atoms with E-state index >= 15 is 0 Å². The molecule has 1 aliphatic rings. The SMILES string of the molecule is CN(C)c1ncnc2c1cc(C(=O)O)n2CC1CCCO1. The molecule has 0 radical (unpaired) electrons. The maximum absolute atomic E-state index is 11.5. The molecule has 0 bridgehead atoms. The second kappa shape index (κ2) is 5.33. The number of nitrogens with zero attached hydrogens (tertiary/aromatic N) is 4. The van der Waals surface area contributed by atoms with Gasteiger partial charge in [-0.1, -0.05) is 0 Å². The van der Waals surface area contributed by atoms with Gasteiger partial charge in [0.25, 0.3) is 0 Å². The molecule has 2 aromatic heterocycles. The number of hydrogen-bond donors (Lipinski definition) is 1. The maximum Gasteiger partial charge on any atom is 0.352 e. The highest BCUT2D eigenvalue weighted by atomic mass is 16.5. The summed E-state index contributed by atoms with van der Waals surface area (Å²) in [7, 11) is 3.75. The van der Waals surface area contributed by atoms with Crippen LogP contribution in [-0.4, -0.2) is 52.4 Å². The van der Waals surface area contributed by atoms with Crippen molar-refractivity contribution in [2.45, 2.75) is 25.5 Å². The molecular weight excluding hydrogens is 272 g/mol. The first-order valence-electron chi connectivity index (χ1n) is 6.94. The van der Waals surface area contributed by atoms with Gasteiger partial charge in [0.05, 0.1) is 18.0 Å². The molecule has 1 N–H and O–H groups in total. The molecule has 0 aromatic carbocycles. The number of carboxylic acids is 1. The number of carbonyl (C=O) groups is 1. The van der Waals surface area contributed by atoms with Crippen molar-refractivity contribution in [2.75, 3.05) is 25.6 Å². The van der Waals surface area contributed by atoms with Crippen LogP contribution in [0.4, 0.5) is 5.82 Å². The van der Waals surface area contributed by atoms with Crippen molar-refractivity contribution in [3.8, 4) is 0 Å². The predicted octanol–water partition coefficient (Wildman–Crippen LogP) is 1.37. The number of rotatable bonds is 4. The lowest BCUT2D eigenvalue weighted by Gasteiger charge is -2.14. The van der Waals surface area contributed by atoms with Gasteiger partial charge in [0.2, 0.25) is 0 Å². The smallest absolute Gasteiger partial charge is 0.352 e. The van der Waals surface area contributed by atoms with Crippen molar-refractivity contribution in [3.63, 3.8) is 0 Å². The highest BCUT2D eigenvalue weighted by Gasteiger charge is 2.23. The van der Waals surface area contributed by atoms with Crippen LogP contribution in [0.25, 0.3) is 11.0 Å². The number of carboxylic acid groups (broad SMARTS) is 1. The van der Waals surface area contributed by atoms with E-state index in [0.717, 1.165) is 24.8 Å². The van der Waals surface area contributed by atoms with Crippen molar-refractivity contribution in [2.24, 2.45) is 0 Å². The maximum atomic E-state index is 11.5. The Morgan fingerprint density at radius 1 is 1.52 bits per heavy atom. The molecule has 1 aliphatic heterocycles. The third-order valence-electron chi connectivity index (χ3n) is 3.72. The van der Waals surface area contributed by atoms with Gasteiger partial charge in [-0.25, -0.2) is 14.8 Å². The molecule has 1 fully saturated rings. The Morgan fingerprint density at radius 3 is 2.95 bits per heavy atom. The summed E-state index contributed by atoms with van der Waals surface area (Å²) in [5.74, 6) is -0.246. The van der Waals surface area contributed by atoms with E-state index in [9.17, 15) is 9.90 Å². The Labute approximate surface area is 122 Å². The fourth-order valence-corrected chi connectivity index (χ4v) is 2.76. The second-order valence-corrected chi connectivity index (χ2v) is 5.41. The number of fused-ring (bicyclic) bond motifs is 1. The summed E-state index contributed by atoms with van der Waals surface area (Å²) in [6.07, 6.45) is 3.49. The largest absolute Gasteiger partial charge is 0.477 e. The summed E-state index contributed by atoms with van der Waals surface area (Å²) in [6.45, 7) is 1.25. The van der Waals surface area contributed by atoms with Crippen LogP contribution in [-0.2, 0) is 11.3 Å². The van der Waals surface area contributed by atoms with E-state index in [1.165, 1.54) is 6.33 Å². The first-order chi connectivity index (χ1) is 10.1. The predicted molar refractivity (Wildman–Crippen MR) is 77.8 cm³/mol. The fraction of sp³-hybridized carbons (Fsp3) is 0.500. The topological polar surface area (TPSA) is 80.5 Å². The van der Waals surface area contributed by atoms with E-state index in [1.54, 1.807) is 10.6 Å². The monoisotopic (exact) mass is 290 g/mol. The molecule has 21 heavy (non-hydrogen) atoms. The van der Waals surface area contributed by atoms with Crippen molar-refractivity contribution in [1.29, 1.82) is 0 Å². The zero-order valence-electron chi connectivity index (χ0n) is 12.1. The minimum atomic E-state index is -0.962. The standard InChI is InChI=1S/C14H18N4O3/c1-17(2)12-10-6-11(14(19)20)18(13(10)16-8-15-12)7-9-4-3-5-21-9/h6,8-9H,3-5,7H2,1-2H3,(H,19,20). The van der Waals surface area contributed by atoms with Crippen LogP contribution in [0.3, 0.4) is 0 Å². The van der Waals surface area contributed by atoms with Gasteiger partial charge in [0.1, 0.15) is 23.5 Å². The quantitative estimate of drug-likeness (QED) is 0.916. The molecule has 3 rings (SSSR count). The molecule has 7 heteroatoms. The van der Waals surface area contributed by atoms with Gasteiger partial charge in [-0.05, 0) is 18.9 Å². The molecule has 0 aliphatic carbocycles. The van der Waals surface area contributed by atoms with Gasteiger partial charge < -0.3 is 19.3 Å². The summed E-state index contributed by atoms with van der Waals surface area (Å²) >= 11 is 0. The number of aromatic nitrogens is 3. The minimum Gasteiger partial charge on any atom is -0.477 e. The van der Waals surface area contributed by atoms with Crippen LogP contribution in [0.1, 0.15) is 23.3 Å². The van der Waals surface area contributed by atoms with E-state index < -0.39 is 5.97 Å². The van der Waals surface area contributed by atoms with Gasteiger partial charge in [0.15, 0.2) is 0 Å². The molecule has 112 valence electrons. The Morgan fingerprint density at radius 2 is 2.33 bits per heavy atom. The molecule has 1 atom stereocenters. The second-order valence-electron chi connectivity index (χ2n) is 5.41. The summed E-state index contributed by atoms with van der Waals surface area (Å²) in [4.78, 5) is 21.9. The number of anilines is 1. The van der Waals surface area contributed by atoms with Gasteiger partial charge in [-0.3, -0.25) is 0 Å². The van der Waals surface area contributed by atoms with Gasteiger partial charge >= 0.3 is 5.97 Å². The molecule has 1 unspecified atom stereocenters. The van der Waals surface area contributed by atoms with Crippen molar-refractivity contribution >= 4 is 22.8 Å². The van der Waals surface area contributed by atoms with Crippen LogP contribution < -0.4 is 4.90 Å². The van der Waals surface area contributed by atoms with E-state index in [1.807, 2.05) is 19.0 Å². The highest BCUT2D eigenvalue weighted by Crippen LogP contribution is 2.27. The first-order valence-corrected chi connectivity index (χ1v) is 6.94. The zero-order chi connectivity index (χ0) is 15.0. The van der Waals surface area contributed by atoms with Crippen LogP contribution in [0.15, 0.2) is 12.4 Å². The first kappa shape index (κ1) is 13.8. The van der Waals surface area contributed by atoms with Crippen LogP contribution in [0.5, 0.6) is 0 Å². The Hall–Kier alpha value is -2.15. The number of hydrogen-bond acceptors (Lipinski definition) is 5. The zero-order valence-corrected chi connectivity index (χ0v) is 12.1. The van der Waals surface area contributed by atoms with Gasteiger partial charge in [-0.15, -0.1) is 0 Å². The van der Waals surface area contributed by atoms with Crippen LogP contribution in [0, 0.1) is 0 Å². The third-order valence-corrected chi connectivity index (χ3v) is 3.72. The lowest BCUT2D eigenvalue weighted by molar-refractivity contribution is 0.0672. The Balaban J connectivity index is 2.13. The summed E-state index contributed by atoms with van der Waals surface area (Å²) in [5.41, 5.74) is 0.866. The molecule has 7 nitrogen and oxygen atoms in total. The lowest BCUT2D eigenvalue weighted by Crippen LogP contribution is -2.19. The summed E-state index contributed by atoms with van der Waals surface area (Å²) in [5, 5.41) is 10.2. The van der Waals surface area contributed by atoms with E-state index in [0.29, 0.717) is 18.0 Å². The molecule has 1 saturated heterocycles.